The monoisotopic (exact) mass is 282 g/mol. The Hall–Kier alpha value is -1.52. The minimum Gasteiger partial charge on any atom is -0.478 e. The normalized spacial score (nSPS) is 11.2. The third-order valence-corrected chi connectivity index (χ3v) is 2.99. The molecule has 0 unspecified atom stereocenters. The highest BCUT2D eigenvalue weighted by Gasteiger charge is 2.10. The van der Waals surface area contributed by atoms with Crippen molar-refractivity contribution in [3.8, 4) is 0 Å². The summed E-state index contributed by atoms with van der Waals surface area (Å²) in [6, 6.07) is 5.47. The van der Waals surface area contributed by atoms with Crippen LogP contribution in [0.25, 0.3) is 6.08 Å². The number of rotatable bonds is 6. The Balaban J connectivity index is 3.00. The zero-order valence-corrected chi connectivity index (χ0v) is 12.2. The van der Waals surface area contributed by atoms with E-state index in [0.29, 0.717) is 5.02 Å². The van der Waals surface area contributed by atoms with E-state index in [1.807, 2.05) is 38.2 Å². The molecule has 0 atom stereocenters. The van der Waals surface area contributed by atoms with E-state index in [4.69, 9.17) is 16.7 Å². The first kappa shape index (κ1) is 15.5. The molecule has 1 N–H and O–H groups in total. The van der Waals surface area contributed by atoms with E-state index >= 15 is 0 Å². The molecule has 0 saturated carbocycles. The summed E-state index contributed by atoms with van der Waals surface area (Å²) in [5, 5.41) is 9.33. The summed E-state index contributed by atoms with van der Waals surface area (Å²) in [6.07, 6.45) is 2.69. The van der Waals surface area contributed by atoms with Gasteiger partial charge in [0.05, 0.1) is 10.7 Å². The second-order valence-corrected chi connectivity index (χ2v) is 4.98. The van der Waals surface area contributed by atoms with Crippen LogP contribution < -0.4 is 4.90 Å². The van der Waals surface area contributed by atoms with Gasteiger partial charge in [-0.25, -0.2) is 4.79 Å². The van der Waals surface area contributed by atoms with Crippen molar-refractivity contribution in [3.63, 3.8) is 0 Å². The first-order valence-corrected chi connectivity index (χ1v) is 6.35. The number of carboxylic acids is 1. The van der Waals surface area contributed by atoms with Gasteiger partial charge in [-0.2, -0.15) is 0 Å². The number of hydrogen-bond acceptors (Lipinski definition) is 3. The van der Waals surface area contributed by atoms with E-state index < -0.39 is 5.97 Å². The van der Waals surface area contributed by atoms with Gasteiger partial charge in [0.15, 0.2) is 0 Å². The first-order valence-electron chi connectivity index (χ1n) is 5.97. The quantitative estimate of drug-likeness (QED) is 0.814. The SMILES string of the molecule is CN(C)CCN(C)c1c(Cl)cccc1/C=C/C(=O)O. The first-order chi connectivity index (χ1) is 8.91. The van der Waals surface area contributed by atoms with Crippen molar-refractivity contribution in [2.75, 3.05) is 39.1 Å². The van der Waals surface area contributed by atoms with E-state index in [9.17, 15) is 4.79 Å². The largest absolute Gasteiger partial charge is 0.478 e. The average molecular weight is 283 g/mol. The van der Waals surface area contributed by atoms with Crippen LogP contribution in [0.4, 0.5) is 5.69 Å². The van der Waals surface area contributed by atoms with E-state index in [2.05, 4.69) is 4.90 Å². The van der Waals surface area contributed by atoms with Crippen LogP contribution >= 0.6 is 11.6 Å². The Bertz CT molecular complexity index is 473. The summed E-state index contributed by atoms with van der Waals surface area (Å²) in [5.74, 6) is -0.970. The second kappa shape index (κ2) is 7.16. The van der Waals surface area contributed by atoms with E-state index in [0.717, 1.165) is 30.4 Å². The lowest BCUT2D eigenvalue weighted by atomic mass is 10.1. The molecular formula is C14H19ClN2O2. The summed E-state index contributed by atoms with van der Waals surface area (Å²) in [7, 11) is 5.96. The molecule has 0 amide bonds. The van der Waals surface area contributed by atoms with Crippen molar-refractivity contribution in [1.29, 1.82) is 0 Å². The Labute approximate surface area is 118 Å². The summed E-state index contributed by atoms with van der Waals surface area (Å²) in [6.45, 7) is 1.70. The fourth-order valence-electron chi connectivity index (χ4n) is 1.69. The van der Waals surface area contributed by atoms with Gasteiger partial charge in [0.2, 0.25) is 0 Å². The molecule has 0 aliphatic carbocycles. The van der Waals surface area contributed by atoms with Crippen molar-refractivity contribution in [2.45, 2.75) is 0 Å². The molecule has 0 bridgehead atoms. The van der Waals surface area contributed by atoms with Gasteiger partial charge < -0.3 is 14.9 Å². The minimum absolute atomic E-state index is 0.619. The van der Waals surface area contributed by atoms with Gasteiger partial charge in [-0.3, -0.25) is 0 Å². The van der Waals surface area contributed by atoms with Gasteiger partial charge in [-0.1, -0.05) is 23.7 Å². The van der Waals surface area contributed by atoms with Crippen LogP contribution in [0, 0.1) is 0 Å². The standard InChI is InChI=1S/C14H19ClN2O2/c1-16(2)9-10-17(3)14-11(7-8-13(18)19)5-4-6-12(14)15/h4-8H,9-10H2,1-3H3,(H,18,19)/b8-7+. The molecule has 0 fully saturated rings. The molecule has 1 rings (SSSR count). The molecule has 0 spiro atoms. The van der Waals surface area contributed by atoms with E-state index in [-0.39, 0.29) is 0 Å². The molecular weight excluding hydrogens is 264 g/mol. The fraction of sp³-hybridized carbons (Fsp3) is 0.357. The third kappa shape index (κ3) is 4.93. The number of likely N-dealkylation sites (N-methyl/N-ethyl adjacent to an activating group) is 2. The number of carboxylic acid groups (broad SMARTS) is 1. The number of para-hydroxylation sites is 1. The number of aliphatic carboxylic acids is 1. The lowest BCUT2D eigenvalue weighted by molar-refractivity contribution is -0.131. The molecule has 104 valence electrons. The van der Waals surface area contributed by atoms with Crippen LogP contribution in [0.2, 0.25) is 5.02 Å². The zero-order chi connectivity index (χ0) is 14.4. The molecule has 5 heteroatoms. The third-order valence-electron chi connectivity index (χ3n) is 2.69. The maximum absolute atomic E-state index is 10.6. The van der Waals surface area contributed by atoms with Crippen molar-refractivity contribution < 1.29 is 9.90 Å². The predicted molar refractivity (Wildman–Crippen MR) is 79.9 cm³/mol. The van der Waals surface area contributed by atoms with Crippen molar-refractivity contribution >= 4 is 29.3 Å². The maximum atomic E-state index is 10.6. The summed E-state index contributed by atoms with van der Waals surface area (Å²) in [5.41, 5.74) is 1.65. The molecule has 0 aliphatic heterocycles. The molecule has 19 heavy (non-hydrogen) atoms. The molecule has 0 saturated heterocycles. The topological polar surface area (TPSA) is 43.8 Å². The molecule has 0 aliphatic rings. The van der Waals surface area contributed by atoms with Gasteiger partial charge in [0.1, 0.15) is 0 Å². The summed E-state index contributed by atoms with van der Waals surface area (Å²) < 4.78 is 0. The van der Waals surface area contributed by atoms with Crippen LogP contribution in [-0.4, -0.2) is 50.2 Å². The van der Waals surface area contributed by atoms with Crippen molar-refractivity contribution in [1.82, 2.24) is 4.90 Å². The Morgan fingerprint density at radius 2 is 2.00 bits per heavy atom. The highest BCUT2D eigenvalue weighted by Crippen LogP contribution is 2.30. The average Bonchev–Trinajstić information content (AvgIpc) is 2.33. The highest BCUT2D eigenvalue weighted by molar-refractivity contribution is 6.33. The molecule has 0 radical (unpaired) electrons. The number of anilines is 1. The van der Waals surface area contributed by atoms with E-state index in [1.54, 1.807) is 12.1 Å². The molecule has 1 aromatic rings. The van der Waals surface area contributed by atoms with Crippen LogP contribution in [0.3, 0.4) is 0 Å². The fourth-order valence-corrected chi connectivity index (χ4v) is 2.02. The number of benzene rings is 1. The number of halogens is 1. The molecule has 4 nitrogen and oxygen atoms in total. The number of carbonyl (C=O) groups is 1. The van der Waals surface area contributed by atoms with Gasteiger partial charge >= 0.3 is 5.97 Å². The highest BCUT2D eigenvalue weighted by atomic mass is 35.5. The number of nitrogens with zero attached hydrogens (tertiary/aromatic N) is 2. The second-order valence-electron chi connectivity index (χ2n) is 4.57. The van der Waals surface area contributed by atoms with Gasteiger partial charge in [0.25, 0.3) is 0 Å². The minimum atomic E-state index is -0.970. The van der Waals surface area contributed by atoms with Gasteiger partial charge in [-0.05, 0) is 31.8 Å². The van der Waals surface area contributed by atoms with Gasteiger partial charge in [-0.15, -0.1) is 0 Å². The number of hydrogen-bond donors (Lipinski definition) is 1. The Morgan fingerprint density at radius 1 is 1.32 bits per heavy atom. The van der Waals surface area contributed by atoms with E-state index in [1.165, 1.54) is 0 Å². The smallest absolute Gasteiger partial charge is 0.328 e. The van der Waals surface area contributed by atoms with Crippen LogP contribution in [-0.2, 0) is 4.79 Å². The molecule has 0 heterocycles. The summed E-state index contributed by atoms with van der Waals surface area (Å²) in [4.78, 5) is 14.7. The summed E-state index contributed by atoms with van der Waals surface area (Å²) >= 11 is 6.22. The van der Waals surface area contributed by atoms with Crippen LogP contribution in [0.5, 0.6) is 0 Å². The van der Waals surface area contributed by atoms with Crippen molar-refractivity contribution in [3.05, 3.63) is 34.9 Å². The Morgan fingerprint density at radius 3 is 2.58 bits per heavy atom. The lowest BCUT2D eigenvalue weighted by Gasteiger charge is -2.24. The van der Waals surface area contributed by atoms with Gasteiger partial charge in [0, 0.05) is 26.2 Å². The molecule has 1 aromatic carbocycles. The molecule has 0 aromatic heterocycles. The zero-order valence-electron chi connectivity index (χ0n) is 11.4. The Kier molecular flexibility index (Phi) is 5.86. The predicted octanol–water partition coefficient (Wildman–Crippen LogP) is 2.44. The van der Waals surface area contributed by atoms with Crippen molar-refractivity contribution in [2.24, 2.45) is 0 Å². The lowest BCUT2D eigenvalue weighted by Crippen LogP contribution is -2.29. The maximum Gasteiger partial charge on any atom is 0.328 e. The van der Waals surface area contributed by atoms with Crippen LogP contribution in [0.1, 0.15) is 5.56 Å². The van der Waals surface area contributed by atoms with Crippen LogP contribution in [0.15, 0.2) is 24.3 Å².